The van der Waals surface area contributed by atoms with Gasteiger partial charge in [-0.25, -0.2) is 0 Å². The standard InChI is InChI=1S/2C24H22O7/c2*1-13(25)28-23-17-10-6-4-8-15(17)19-12-22(27)24(29-14(2)26,21(23,3)30-19)18-11-7-5-9-16(18)20(23)31-22/h2*4-11,19-20,27H,12H2,1-3H3/t2*19-,20-,21-,22-,23+,24-/m10/s1. The van der Waals surface area contributed by atoms with Gasteiger partial charge in [-0.2, -0.15) is 0 Å². The second-order valence-electron chi connectivity index (χ2n) is 17.8. The molecule has 12 atom stereocenters. The minimum absolute atomic E-state index is 0.0634. The first-order valence-electron chi connectivity index (χ1n) is 20.7. The van der Waals surface area contributed by atoms with Crippen LogP contribution in [0.15, 0.2) is 97.1 Å². The molecule has 2 aliphatic carbocycles. The molecule has 8 heterocycles. The van der Waals surface area contributed by atoms with Gasteiger partial charge in [-0.1, -0.05) is 97.1 Å². The van der Waals surface area contributed by atoms with Crippen molar-refractivity contribution in [1.82, 2.24) is 0 Å². The Labute approximate surface area is 355 Å². The van der Waals surface area contributed by atoms with E-state index in [1.165, 1.54) is 27.7 Å². The Kier molecular flexibility index (Phi) is 7.72. The summed E-state index contributed by atoms with van der Waals surface area (Å²) in [6.45, 7) is 8.72. The molecule has 4 saturated heterocycles. The van der Waals surface area contributed by atoms with E-state index in [0.717, 1.165) is 22.3 Å². The minimum atomic E-state index is -1.87. The largest absolute Gasteiger partial charge is 0.448 e. The third-order valence-corrected chi connectivity index (χ3v) is 14.8. The first kappa shape index (κ1) is 39.4. The summed E-state index contributed by atoms with van der Waals surface area (Å²) < 4.78 is 50.3. The van der Waals surface area contributed by atoms with Crippen molar-refractivity contribution in [3.05, 3.63) is 142 Å². The molecule has 0 amide bonds. The second kappa shape index (κ2) is 12.2. The predicted octanol–water partition coefficient (Wildman–Crippen LogP) is 5.82. The number of rotatable bonds is 4. The molecule has 0 spiro atoms. The van der Waals surface area contributed by atoms with Crippen molar-refractivity contribution in [2.45, 2.75) is 124 Å². The van der Waals surface area contributed by atoms with Crippen LogP contribution in [-0.2, 0) is 79.5 Å². The van der Waals surface area contributed by atoms with Gasteiger partial charge >= 0.3 is 23.9 Å². The number of hydrogen-bond donors (Lipinski definition) is 2. The maximum atomic E-state index is 12.5. The van der Waals surface area contributed by atoms with Crippen molar-refractivity contribution in [2.75, 3.05) is 0 Å². The number of ether oxygens (including phenoxy) is 8. The second-order valence-corrected chi connectivity index (χ2v) is 17.8. The molecule has 2 N–H and O–H groups in total. The smallest absolute Gasteiger partial charge is 0.303 e. The highest BCUT2D eigenvalue weighted by atomic mass is 16.7. The molecule has 0 saturated carbocycles. The van der Waals surface area contributed by atoms with E-state index in [1.54, 1.807) is 13.8 Å². The van der Waals surface area contributed by atoms with Gasteiger partial charge in [0.15, 0.2) is 11.2 Å². The number of benzene rings is 4. The van der Waals surface area contributed by atoms with Crippen LogP contribution in [0.5, 0.6) is 0 Å². The van der Waals surface area contributed by atoms with Gasteiger partial charge in [-0.15, -0.1) is 0 Å². The Bertz CT molecular complexity index is 2500. The van der Waals surface area contributed by atoms with Gasteiger partial charge in [0.1, 0.15) is 12.2 Å². The molecule has 0 aromatic heterocycles. The summed E-state index contributed by atoms with van der Waals surface area (Å²) in [5.74, 6) is -6.00. The Morgan fingerprint density at radius 2 is 0.774 bits per heavy atom. The summed E-state index contributed by atoms with van der Waals surface area (Å²) in [6, 6.07) is 29.7. The van der Waals surface area contributed by atoms with E-state index in [0.29, 0.717) is 22.3 Å². The van der Waals surface area contributed by atoms with Crippen LogP contribution in [-0.4, -0.2) is 56.9 Å². The maximum absolute atomic E-state index is 12.5. The van der Waals surface area contributed by atoms with Crippen molar-refractivity contribution in [3.8, 4) is 0 Å². The summed E-state index contributed by atoms with van der Waals surface area (Å²) in [6.07, 6.45) is -2.64. The third kappa shape index (κ3) is 4.13. The monoisotopic (exact) mass is 844 g/mol. The van der Waals surface area contributed by atoms with Crippen LogP contribution < -0.4 is 0 Å². The highest BCUT2D eigenvalue weighted by Gasteiger charge is 2.90. The van der Waals surface area contributed by atoms with Gasteiger partial charge in [0, 0.05) is 62.8 Å². The van der Waals surface area contributed by atoms with Crippen LogP contribution in [0.3, 0.4) is 0 Å². The normalized spacial score (nSPS) is 40.6. The fraction of sp³-hybridized carbons (Fsp3) is 0.417. The van der Waals surface area contributed by atoms with Crippen LogP contribution in [0, 0.1) is 0 Å². The van der Waals surface area contributed by atoms with Crippen molar-refractivity contribution in [3.63, 3.8) is 0 Å². The lowest BCUT2D eigenvalue weighted by Crippen LogP contribution is -2.86. The van der Waals surface area contributed by atoms with Gasteiger partial charge < -0.3 is 48.1 Å². The molecule has 320 valence electrons. The Morgan fingerprint density at radius 3 is 1.11 bits per heavy atom. The van der Waals surface area contributed by atoms with E-state index in [9.17, 15) is 29.4 Å². The number of carbonyl (C=O) groups is 4. The van der Waals surface area contributed by atoms with E-state index in [1.807, 2.05) is 97.1 Å². The quantitative estimate of drug-likeness (QED) is 0.185. The topological polar surface area (TPSA) is 183 Å². The average Bonchev–Trinajstić information content (AvgIpc) is 3.21. The first-order valence-corrected chi connectivity index (χ1v) is 20.7. The molecule has 10 bridgehead atoms. The summed E-state index contributed by atoms with van der Waals surface area (Å²) in [7, 11) is 0. The Morgan fingerprint density at radius 1 is 0.468 bits per heavy atom. The molecule has 0 radical (unpaired) electrons. The van der Waals surface area contributed by atoms with Gasteiger partial charge in [0.05, 0.1) is 12.2 Å². The number of aliphatic hydroxyl groups is 2. The highest BCUT2D eigenvalue weighted by molar-refractivity contribution is 5.73. The van der Waals surface area contributed by atoms with Crippen molar-refractivity contribution in [1.29, 1.82) is 0 Å². The zero-order valence-electron chi connectivity index (χ0n) is 34.8. The van der Waals surface area contributed by atoms with Crippen LogP contribution in [0.25, 0.3) is 0 Å². The Balaban J connectivity index is 0.000000139. The molecule has 4 fully saturated rings. The fourth-order valence-electron chi connectivity index (χ4n) is 13.1. The van der Waals surface area contributed by atoms with Crippen molar-refractivity contribution < 1.29 is 67.3 Å². The third-order valence-electron chi connectivity index (χ3n) is 14.8. The van der Waals surface area contributed by atoms with E-state index < -0.39 is 93.5 Å². The van der Waals surface area contributed by atoms with E-state index in [4.69, 9.17) is 37.9 Å². The van der Waals surface area contributed by atoms with E-state index in [2.05, 4.69) is 0 Å². The lowest BCUT2D eigenvalue weighted by Gasteiger charge is -2.74. The van der Waals surface area contributed by atoms with Gasteiger partial charge in [0.2, 0.25) is 34.0 Å². The predicted molar refractivity (Wildman–Crippen MR) is 211 cm³/mol. The lowest BCUT2D eigenvalue weighted by atomic mass is 9.48. The summed E-state index contributed by atoms with van der Waals surface area (Å²) >= 11 is 0. The van der Waals surface area contributed by atoms with E-state index in [-0.39, 0.29) is 12.8 Å². The SMILES string of the molecule is CC(=O)O[C@@]12c3ccccc3[C@H]3O[C@]1(O)C[C@H]1O[C@]2(C)[C@]3(OC(C)=O)c2ccccc21.CC(=O)O[C@]12c3ccccc3[C@@H]3O[C@@]1(O)C[C@@H]1O[C@@]2(C)[C@@]3(OC(C)=O)c2ccccc21. The fourth-order valence-corrected chi connectivity index (χ4v) is 13.1. The van der Waals surface area contributed by atoms with Gasteiger partial charge in [-0.3, -0.25) is 19.2 Å². The van der Waals surface area contributed by atoms with Crippen molar-refractivity contribution >= 4 is 23.9 Å². The molecule has 0 unspecified atom stereocenters. The molecule has 10 aliphatic rings. The number of carbonyl (C=O) groups excluding carboxylic acids is 4. The molecular formula is C48H44O14. The summed E-state index contributed by atoms with van der Waals surface area (Å²) in [5.41, 5.74) is -3.61. The molecular weight excluding hydrogens is 801 g/mol. The minimum Gasteiger partial charge on any atom is -0.448 e. The van der Waals surface area contributed by atoms with Crippen LogP contribution in [0.2, 0.25) is 0 Å². The van der Waals surface area contributed by atoms with Crippen LogP contribution in [0.1, 0.15) is 123 Å². The number of hydrogen-bond acceptors (Lipinski definition) is 14. The van der Waals surface area contributed by atoms with E-state index >= 15 is 0 Å². The molecule has 14 nitrogen and oxygen atoms in total. The van der Waals surface area contributed by atoms with Gasteiger partial charge in [-0.05, 0) is 36.1 Å². The number of esters is 4. The zero-order valence-corrected chi connectivity index (χ0v) is 34.8. The molecule has 8 aliphatic heterocycles. The molecule has 14 rings (SSSR count). The Hall–Kier alpha value is -5.48. The van der Waals surface area contributed by atoms with Crippen LogP contribution in [0.4, 0.5) is 0 Å². The zero-order chi connectivity index (χ0) is 43.6. The summed E-state index contributed by atoms with van der Waals surface area (Å²) in [5, 5.41) is 24.0. The maximum Gasteiger partial charge on any atom is 0.303 e. The number of fused-ring (bicyclic) bond motifs is 6. The van der Waals surface area contributed by atoms with Crippen LogP contribution >= 0.6 is 0 Å². The first-order chi connectivity index (χ1) is 29.4. The molecule has 4 aromatic carbocycles. The van der Waals surface area contributed by atoms with Gasteiger partial charge in [0.25, 0.3) is 0 Å². The molecule has 62 heavy (non-hydrogen) atoms. The molecule has 14 heteroatoms. The van der Waals surface area contributed by atoms with Crippen molar-refractivity contribution in [2.24, 2.45) is 0 Å². The summed E-state index contributed by atoms with van der Waals surface area (Å²) in [4.78, 5) is 49.9. The lowest BCUT2D eigenvalue weighted by molar-refractivity contribution is -0.502. The highest BCUT2D eigenvalue weighted by Crippen LogP contribution is 2.79. The molecule has 4 aromatic rings. The average molecular weight is 845 g/mol.